The van der Waals surface area contributed by atoms with Crippen LogP contribution in [0.1, 0.15) is 47.1 Å². The van der Waals surface area contributed by atoms with E-state index in [-0.39, 0.29) is 18.0 Å². The molecule has 1 aliphatic carbocycles. The first-order valence-electron chi connectivity index (χ1n) is 12.8. The molecule has 0 spiro atoms. The molecule has 0 saturated heterocycles. The van der Waals surface area contributed by atoms with Crippen molar-refractivity contribution in [2.45, 2.75) is 44.3 Å². The van der Waals surface area contributed by atoms with Crippen LogP contribution < -0.4 is 5.32 Å². The molecule has 10 nitrogen and oxygen atoms in total. The third-order valence-corrected chi connectivity index (χ3v) is 8.11. The summed E-state index contributed by atoms with van der Waals surface area (Å²) < 4.78 is 2.84. The lowest BCUT2D eigenvalue weighted by Gasteiger charge is -2.32. The van der Waals surface area contributed by atoms with Gasteiger partial charge in [0.1, 0.15) is 27.7 Å². The summed E-state index contributed by atoms with van der Waals surface area (Å²) in [5.41, 5.74) is 4.79. The van der Waals surface area contributed by atoms with Gasteiger partial charge in [0.05, 0.1) is 17.9 Å². The predicted octanol–water partition coefficient (Wildman–Crippen LogP) is 4.97. The Hall–Kier alpha value is -3.67. The highest BCUT2D eigenvalue weighted by molar-refractivity contribution is 7.17. The average molecular weight is 562 g/mol. The lowest BCUT2D eigenvalue weighted by atomic mass is 9.90. The number of carbonyl (C=O) groups excluding carboxylic acids is 1. The average Bonchev–Trinajstić information content (AvgIpc) is 3.68. The van der Waals surface area contributed by atoms with E-state index < -0.39 is 0 Å². The Morgan fingerprint density at radius 3 is 2.85 bits per heavy atom. The molecule has 1 aromatic carbocycles. The summed E-state index contributed by atoms with van der Waals surface area (Å²) in [7, 11) is 4.13. The number of aromatic nitrogens is 7. The van der Waals surface area contributed by atoms with Crippen molar-refractivity contribution >= 4 is 39.9 Å². The van der Waals surface area contributed by atoms with Crippen LogP contribution >= 0.6 is 22.9 Å². The van der Waals surface area contributed by atoms with Crippen molar-refractivity contribution < 1.29 is 4.79 Å². The zero-order valence-corrected chi connectivity index (χ0v) is 23.2. The van der Waals surface area contributed by atoms with Gasteiger partial charge in [0.25, 0.3) is 5.91 Å². The molecule has 39 heavy (non-hydrogen) atoms. The number of hydrogen-bond donors (Lipinski definition) is 2. The quantitative estimate of drug-likeness (QED) is 0.288. The Bertz CT molecular complexity index is 1610. The Labute approximate surface area is 234 Å². The first-order valence-corrected chi connectivity index (χ1v) is 14.0. The normalized spacial score (nSPS) is 17.6. The number of aromatic amines is 1. The minimum absolute atomic E-state index is 0.0109. The summed E-state index contributed by atoms with van der Waals surface area (Å²) >= 11 is 7.20. The van der Waals surface area contributed by atoms with E-state index in [0.717, 1.165) is 54.6 Å². The summed E-state index contributed by atoms with van der Waals surface area (Å²) in [5, 5.41) is 10.5. The largest absolute Gasteiger partial charge is 0.347 e. The summed E-state index contributed by atoms with van der Waals surface area (Å²) in [6.45, 7) is 0.792. The number of benzene rings is 1. The highest BCUT2D eigenvalue weighted by Gasteiger charge is 2.29. The summed E-state index contributed by atoms with van der Waals surface area (Å²) in [4.78, 5) is 33.2. The van der Waals surface area contributed by atoms with Crippen LogP contribution in [0.2, 0.25) is 4.34 Å². The van der Waals surface area contributed by atoms with Crippen LogP contribution in [0.25, 0.3) is 33.9 Å². The maximum Gasteiger partial charge on any atom is 0.280 e. The minimum Gasteiger partial charge on any atom is -0.347 e. The molecule has 4 heterocycles. The van der Waals surface area contributed by atoms with Crippen LogP contribution in [-0.2, 0) is 6.54 Å². The predicted molar refractivity (Wildman–Crippen MR) is 152 cm³/mol. The summed E-state index contributed by atoms with van der Waals surface area (Å²) in [5.74, 6) is 1.33. The number of thiazole rings is 1. The van der Waals surface area contributed by atoms with Gasteiger partial charge in [-0.25, -0.2) is 15.0 Å². The zero-order valence-electron chi connectivity index (χ0n) is 21.6. The standard InChI is InChI=1S/C27H28ClN9OS/c1-36(2)14-16-6-3-4-9-19(16)25-34-21-12-29-20(24-31-15-32-35-24)11-22(21)37(25)18-8-5-7-17(10-18)33-26(38)27-30-13-23(28)39-27/h3-4,6,9,11-13,15,17-18H,5,7-8,10,14H2,1-2H3,(H,33,38)(H,31,32,35)/t17-,18+/m0/s1. The lowest BCUT2D eigenvalue weighted by molar-refractivity contribution is 0.0920. The monoisotopic (exact) mass is 561 g/mol. The summed E-state index contributed by atoms with van der Waals surface area (Å²) in [6, 6.07) is 10.6. The van der Waals surface area contributed by atoms with Crippen molar-refractivity contribution in [3.63, 3.8) is 0 Å². The van der Waals surface area contributed by atoms with E-state index in [4.69, 9.17) is 16.6 Å². The Morgan fingerprint density at radius 2 is 2.08 bits per heavy atom. The third-order valence-electron chi connectivity index (χ3n) is 7.00. The Kier molecular flexibility index (Phi) is 7.11. The van der Waals surface area contributed by atoms with Crippen LogP contribution in [0, 0.1) is 0 Å². The van der Waals surface area contributed by atoms with Crippen molar-refractivity contribution in [2.24, 2.45) is 0 Å². The van der Waals surface area contributed by atoms with Gasteiger partial charge >= 0.3 is 0 Å². The second-order valence-electron chi connectivity index (χ2n) is 10.1. The van der Waals surface area contributed by atoms with Crippen molar-refractivity contribution in [2.75, 3.05) is 14.1 Å². The fourth-order valence-electron chi connectivity index (χ4n) is 5.37. The summed E-state index contributed by atoms with van der Waals surface area (Å²) in [6.07, 6.45) is 8.43. The number of nitrogens with zero attached hydrogens (tertiary/aromatic N) is 7. The van der Waals surface area contributed by atoms with Crippen LogP contribution in [0.5, 0.6) is 0 Å². The highest BCUT2D eigenvalue weighted by Crippen LogP contribution is 2.38. The molecule has 1 fully saturated rings. The second kappa shape index (κ2) is 10.8. The molecule has 2 atom stereocenters. The zero-order chi connectivity index (χ0) is 26.9. The van der Waals surface area contributed by atoms with E-state index in [9.17, 15) is 4.79 Å². The molecule has 12 heteroatoms. The number of pyridine rings is 1. The topological polar surface area (TPSA) is 118 Å². The third kappa shape index (κ3) is 5.29. The number of fused-ring (bicyclic) bond motifs is 1. The molecule has 5 aromatic rings. The minimum atomic E-state index is -0.179. The Morgan fingerprint density at radius 1 is 1.21 bits per heavy atom. The van der Waals surface area contributed by atoms with Gasteiger partial charge < -0.3 is 14.8 Å². The van der Waals surface area contributed by atoms with Crippen LogP contribution in [-0.4, -0.2) is 65.6 Å². The second-order valence-corrected chi connectivity index (χ2v) is 11.7. The maximum atomic E-state index is 12.9. The number of amides is 1. The number of H-pyrrole nitrogens is 1. The highest BCUT2D eigenvalue weighted by atomic mass is 35.5. The number of halogens is 1. The van der Waals surface area contributed by atoms with E-state index in [1.807, 2.05) is 6.07 Å². The van der Waals surface area contributed by atoms with Crippen LogP contribution in [0.15, 0.2) is 49.1 Å². The van der Waals surface area contributed by atoms with Gasteiger partial charge in [-0.1, -0.05) is 47.2 Å². The van der Waals surface area contributed by atoms with E-state index >= 15 is 0 Å². The molecule has 200 valence electrons. The van der Waals surface area contributed by atoms with E-state index in [1.165, 1.54) is 29.4 Å². The van der Waals surface area contributed by atoms with Gasteiger partial charge in [-0.2, -0.15) is 5.10 Å². The van der Waals surface area contributed by atoms with Crippen LogP contribution in [0.3, 0.4) is 0 Å². The molecule has 0 radical (unpaired) electrons. The van der Waals surface area contributed by atoms with E-state index in [2.05, 4.69) is 78.3 Å². The first-order chi connectivity index (χ1) is 19.0. The van der Waals surface area contributed by atoms with Gasteiger partial charge in [-0.15, -0.1) is 0 Å². The molecular weight excluding hydrogens is 534 g/mol. The maximum absolute atomic E-state index is 12.9. The Balaban J connectivity index is 1.42. The fraction of sp³-hybridized carbons (Fsp3) is 0.333. The number of hydrogen-bond acceptors (Lipinski definition) is 8. The van der Waals surface area contributed by atoms with Gasteiger partial charge in [-0.3, -0.25) is 14.9 Å². The number of rotatable bonds is 7. The molecule has 1 amide bonds. The van der Waals surface area contributed by atoms with Crippen molar-refractivity contribution in [3.8, 4) is 22.9 Å². The van der Waals surface area contributed by atoms with Gasteiger partial charge in [0.15, 0.2) is 10.8 Å². The van der Waals surface area contributed by atoms with Gasteiger partial charge in [0.2, 0.25) is 0 Å². The molecule has 0 aliphatic heterocycles. The molecule has 0 bridgehead atoms. The molecular formula is C27H28ClN9OS. The molecule has 1 aliphatic rings. The van der Waals surface area contributed by atoms with E-state index in [1.54, 1.807) is 6.20 Å². The van der Waals surface area contributed by atoms with Crippen molar-refractivity contribution in [1.29, 1.82) is 0 Å². The first kappa shape index (κ1) is 25.6. The molecule has 1 saturated carbocycles. The molecule has 6 rings (SSSR count). The SMILES string of the molecule is CN(C)Cc1ccccc1-c1nc2cnc(-c3ncn[nH]3)cc2n1[C@@H]1CCC[C@H](NC(=O)c2ncc(Cl)s2)C1. The van der Waals surface area contributed by atoms with Crippen molar-refractivity contribution in [1.82, 2.24) is 44.9 Å². The molecule has 4 aromatic heterocycles. The number of nitrogens with one attached hydrogen (secondary N) is 2. The van der Waals surface area contributed by atoms with Gasteiger partial charge in [-0.05, 0) is 51.4 Å². The lowest BCUT2D eigenvalue weighted by Crippen LogP contribution is -2.39. The fourth-order valence-corrected chi connectivity index (χ4v) is 6.19. The van der Waals surface area contributed by atoms with Crippen molar-refractivity contribution in [3.05, 3.63) is 64.0 Å². The smallest absolute Gasteiger partial charge is 0.280 e. The van der Waals surface area contributed by atoms with Crippen LogP contribution in [0.4, 0.5) is 0 Å². The van der Waals surface area contributed by atoms with E-state index in [0.29, 0.717) is 20.9 Å². The number of imidazole rings is 1. The molecule has 2 N–H and O–H groups in total. The van der Waals surface area contributed by atoms with Gasteiger partial charge in [0, 0.05) is 24.2 Å². The molecule has 0 unspecified atom stereocenters. The number of carbonyl (C=O) groups is 1.